The molecule has 0 aliphatic heterocycles. The Kier molecular flexibility index (Phi) is 3.39. The lowest BCUT2D eigenvalue weighted by molar-refractivity contribution is -0.137. The summed E-state index contributed by atoms with van der Waals surface area (Å²) in [7, 11) is 0. The van der Waals surface area contributed by atoms with Gasteiger partial charge in [-0.25, -0.2) is 4.68 Å². The maximum Gasteiger partial charge on any atom is 0.321 e. The van der Waals surface area contributed by atoms with Gasteiger partial charge in [-0.15, -0.1) is 5.10 Å². The molecule has 2 rings (SSSR count). The number of carboxylic acid groups (broad SMARTS) is 1. The number of nitrogens with two attached hydrogens (primary N) is 1. The summed E-state index contributed by atoms with van der Waals surface area (Å²) in [5, 5.41) is 20.0. The van der Waals surface area contributed by atoms with Crippen molar-refractivity contribution >= 4 is 17.7 Å². The zero-order valence-corrected chi connectivity index (χ0v) is 9.43. The van der Waals surface area contributed by atoms with Crippen molar-refractivity contribution in [2.24, 2.45) is 5.73 Å². The summed E-state index contributed by atoms with van der Waals surface area (Å²) in [5.74, 6) is 0.788. The number of carboxylic acids is 1. The first-order valence-electron chi connectivity index (χ1n) is 5.01. The highest BCUT2D eigenvalue weighted by molar-refractivity contribution is 7.98. The normalized spacial score (nSPS) is 17.3. The number of hydrogen-bond donors (Lipinski definition) is 2. The molecule has 3 N–H and O–H groups in total. The monoisotopic (exact) mass is 243 g/mol. The first kappa shape index (κ1) is 11.3. The molecule has 1 heterocycles. The van der Waals surface area contributed by atoms with Crippen LogP contribution in [0.5, 0.6) is 0 Å². The summed E-state index contributed by atoms with van der Waals surface area (Å²) >= 11 is 1.44. The molecule has 1 atom stereocenters. The standard InChI is InChI=1S/C8H13N5O2S/c9-6(8(14)15)3-16-4-7-10-11-12-13(7)5-1-2-5/h5-6H,1-4,9H2,(H,14,15)/t6-/m0/s1. The van der Waals surface area contributed by atoms with Crippen molar-refractivity contribution in [3.05, 3.63) is 5.82 Å². The van der Waals surface area contributed by atoms with Gasteiger partial charge in [-0.3, -0.25) is 4.79 Å². The lowest BCUT2D eigenvalue weighted by Gasteiger charge is -2.05. The average Bonchev–Trinajstić information content (AvgIpc) is 2.99. The minimum Gasteiger partial charge on any atom is -0.480 e. The smallest absolute Gasteiger partial charge is 0.321 e. The molecule has 0 bridgehead atoms. The fourth-order valence-electron chi connectivity index (χ4n) is 1.26. The van der Waals surface area contributed by atoms with Crippen molar-refractivity contribution in [1.29, 1.82) is 0 Å². The quantitative estimate of drug-likeness (QED) is 0.703. The molecule has 88 valence electrons. The van der Waals surface area contributed by atoms with Crippen LogP contribution in [0.15, 0.2) is 0 Å². The molecule has 1 fully saturated rings. The topological polar surface area (TPSA) is 107 Å². The molecule has 1 aromatic heterocycles. The number of aromatic nitrogens is 4. The number of aliphatic carboxylic acids is 1. The fraction of sp³-hybridized carbons (Fsp3) is 0.750. The van der Waals surface area contributed by atoms with E-state index in [9.17, 15) is 4.79 Å². The number of tetrazole rings is 1. The second-order valence-electron chi connectivity index (χ2n) is 3.73. The third-order valence-corrected chi connectivity index (χ3v) is 3.36. The van der Waals surface area contributed by atoms with Gasteiger partial charge in [-0.2, -0.15) is 11.8 Å². The highest BCUT2D eigenvalue weighted by Crippen LogP contribution is 2.34. The van der Waals surface area contributed by atoms with Crippen LogP contribution < -0.4 is 5.73 Å². The lowest BCUT2D eigenvalue weighted by atomic mass is 10.4. The first-order chi connectivity index (χ1) is 7.68. The molecule has 16 heavy (non-hydrogen) atoms. The van der Waals surface area contributed by atoms with Crippen LogP contribution in [0.4, 0.5) is 0 Å². The number of thioether (sulfide) groups is 1. The lowest BCUT2D eigenvalue weighted by Crippen LogP contribution is -2.32. The Morgan fingerprint density at radius 3 is 3.06 bits per heavy atom. The second-order valence-corrected chi connectivity index (χ2v) is 4.76. The van der Waals surface area contributed by atoms with Crippen molar-refractivity contribution in [1.82, 2.24) is 20.2 Å². The van der Waals surface area contributed by atoms with Crippen LogP contribution in [0.2, 0.25) is 0 Å². The summed E-state index contributed by atoms with van der Waals surface area (Å²) in [6, 6.07) is -0.381. The van der Waals surface area contributed by atoms with Crippen molar-refractivity contribution in [2.45, 2.75) is 30.7 Å². The van der Waals surface area contributed by atoms with Gasteiger partial charge in [0.1, 0.15) is 6.04 Å². The minimum atomic E-state index is -0.978. The van der Waals surface area contributed by atoms with Crippen LogP contribution >= 0.6 is 11.8 Å². The zero-order chi connectivity index (χ0) is 11.5. The van der Waals surface area contributed by atoms with E-state index in [-0.39, 0.29) is 0 Å². The molecular weight excluding hydrogens is 230 g/mol. The third kappa shape index (κ3) is 2.70. The predicted octanol–water partition coefficient (Wildman–Crippen LogP) is -0.347. The van der Waals surface area contributed by atoms with Gasteiger partial charge in [0.05, 0.1) is 11.8 Å². The Bertz CT molecular complexity index is 378. The molecule has 0 aromatic carbocycles. The van der Waals surface area contributed by atoms with E-state index in [0.29, 0.717) is 17.5 Å². The van der Waals surface area contributed by atoms with E-state index in [1.54, 1.807) is 0 Å². The van der Waals surface area contributed by atoms with Crippen molar-refractivity contribution < 1.29 is 9.90 Å². The SMILES string of the molecule is N[C@@H](CSCc1nnnn1C1CC1)C(=O)O. The summed E-state index contributed by atoms with van der Waals surface area (Å²) < 4.78 is 1.82. The highest BCUT2D eigenvalue weighted by atomic mass is 32.2. The van der Waals surface area contributed by atoms with Crippen molar-refractivity contribution in [3.8, 4) is 0 Å². The van der Waals surface area contributed by atoms with E-state index in [2.05, 4.69) is 15.5 Å². The van der Waals surface area contributed by atoms with Gasteiger partial charge < -0.3 is 10.8 Å². The Hall–Kier alpha value is -1.15. The zero-order valence-electron chi connectivity index (χ0n) is 8.61. The van der Waals surface area contributed by atoms with Crippen LogP contribution in [0.25, 0.3) is 0 Å². The average molecular weight is 243 g/mol. The molecule has 0 radical (unpaired) electrons. The molecule has 0 saturated heterocycles. The molecule has 1 aliphatic carbocycles. The number of nitrogens with zero attached hydrogens (tertiary/aromatic N) is 4. The molecule has 0 unspecified atom stereocenters. The van der Waals surface area contributed by atoms with Gasteiger partial charge in [0, 0.05) is 5.75 Å². The van der Waals surface area contributed by atoms with Gasteiger partial charge in [0.25, 0.3) is 0 Å². The van der Waals surface area contributed by atoms with Gasteiger partial charge >= 0.3 is 5.97 Å². The number of carbonyl (C=O) groups is 1. The van der Waals surface area contributed by atoms with Gasteiger partial charge in [0.2, 0.25) is 0 Å². The van der Waals surface area contributed by atoms with Crippen LogP contribution in [-0.2, 0) is 10.5 Å². The van der Waals surface area contributed by atoms with E-state index in [0.717, 1.165) is 18.7 Å². The summed E-state index contributed by atoms with van der Waals surface area (Å²) in [6.45, 7) is 0. The van der Waals surface area contributed by atoms with Crippen LogP contribution in [0.1, 0.15) is 24.7 Å². The van der Waals surface area contributed by atoms with Crippen molar-refractivity contribution in [3.63, 3.8) is 0 Å². The van der Waals surface area contributed by atoms with E-state index in [4.69, 9.17) is 10.8 Å². The molecule has 1 saturated carbocycles. The molecule has 1 aromatic rings. The van der Waals surface area contributed by atoms with Crippen LogP contribution in [0.3, 0.4) is 0 Å². The molecule has 8 heteroatoms. The maximum atomic E-state index is 10.5. The predicted molar refractivity (Wildman–Crippen MR) is 57.9 cm³/mol. The molecule has 0 spiro atoms. The highest BCUT2D eigenvalue weighted by Gasteiger charge is 2.27. The Labute approximate surface area is 96.4 Å². The van der Waals surface area contributed by atoms with E-state index < -0.39 is 12.0 Å². The summed E-state index contributed by atoms with van der Waals surface area (Å²) in [5.41, 5.74) is 5.39. The van der Waals surface area contributed by atoms with Gasteiger partial charge in [-0.1, -0.05) is 0 Å². The van der Waals surface area contributed by atoms with Gasteiger partial charge in [0.15, 0.2) is 5.82 Å². The van der Waals surface area contributed by atoms with Crippen LogP contribution in [0, 0.1) is 0 Å². The molecule has 7 nitrogen and oxygen atoms in total. The fourth-order valence-corrected chi connectivity index (χ4v) is 2.15. The number of rotatable bonds is 6. The van der Waals surface area contributed by atoms with Crippen LogP contribution in [-0.4, -0.2) is 43.1 Å². The Morgan fingerprint density at radius 1 is 1.69 bits per heavy atom. The molecular formula is C8H13N5O2S. The third-order valence-electron chi connectivity index (χ3n) is 2.30. The van der Waals surface area contributed by atoms with E-state index in [1.165, 1.54) is 11.8 Å². The Morgan fingerprint density at radius 2 is 2.44 bits per heavy atom. The summed E-state index contributed by atoms with van der Waals surface area (Å²) in [6.07, 6.45) is 2.24. The molecule has 1 aliphatic rings. The second kappa shape index (κ2) is 4.79. The minimum absolute atomic E-state index is 0.368. The van der Waals surface area contributed by atoms with Crippen molar-refractivity contribution in [2.75, 3.05) is 5.75 Å². The largest absolute Gasteiger partial charge is 0.480 e. The van der Waals surface area contributed by atoms with Gasteiger partial charge in [-0.05, 0) is 23.3 Å². The first-order valence-corrected chi connectivity index (χ1v) is 6.17. The van der Waals surface area contributed by atoms with E-state index >= 15 is 0 Å². The number of hydrogen-bond acceptors (Lipinski definition) is 6. The molecule has 0 amide bonds. The Balaban J connectivity index is 1.80. The summed E-state index contributed by atoms with van der Waals surface area (Å²) in [4.78, 5) is 10.5. The maximum absolute atomic E-state index is 10.5. The van der Waals surface area contributed by atoms with E-state index in [1.807, 2.05) is 4.68 Å².